The number of nitrogens with zero attached hydrogens (tertiary/aromatic N) is 5. The van der Waals surface area contributed by atoms with Gasteiger partial charge in [-0.25, -0.2) is 32.6 Å². The van der Waals surface area contributed by atoms with Crippen LogP contribution < -0.4 is 10.6 Å². The molecule has 8 nitrogen and oxygen atoms in total. The number of fused-ring (bicyclic) bond motifs is 1. The highest BCUT2D eigenvalue weighted by atomic mass is 19.3. The molecule has 0 saturated carbocycles. The monoisotopic (exact) mass is 413 g/mol. The lowest BCUT2D eigenvalue weighted by atomic mass is 10.2. The Kier molecular flexibility index (Phi) is 5.00. The zero-order valence-corrected chi connectivity index (χ0v) is 15.5. The van der Waals surface area contributed by atoms with E-state index in [4.69, 9.17) is 0 Å². The smallest absolute Gasteiger partial charge is 0.283 e. The van der Waals surface area contributed by atoms with Crippen LogP contribution in [0.4, 0.5) is 30.5 Å². The summed E-state index contributed by atoms with van der Waals surface area (Å²) in [5, 5.41) is 9.93. The molecule has 0 bridgehead atoms. The van der Waals surface area contributed by atoms with E-state index in [1.54, 1.807) is 30.5 Å². The molecule has 0 saturated heterocycles. The summed E-state index contributed by atoms with van der Waals surface area (Å²) >= 11 is 0. The third-order valence-electron chi connectivity index (χ3n) is 4.03. The van der Waals surface area contributed by atoms with Crippen LogP contribution in [0.5, 0.6) is 0 Å². The fourth-order valence-electron chi connectivity index (χ4n) is 2.76. The summed E-state index contributed by atoms with van der Waals surface area (Å²) in [4.78, 5) is 23.3. The van der Waals surface area contributed by atoms with Gasteiger partial charge in [0.15, 0.2) is 11.6 Å². The lowest BCUT2D eigenvalue weighted by molar-refractivity contribution is -0.114. The van der Waals surface area contributed by atoms with Crippen LogP contribution in [0.15, 0.2) is 48.8 Å². The van der Waals surface area contributed by atoms with Crippen LogP contribution in [-0.4, -0.2) is 30.5 Å². The van der Waals surface area contributed by atoms with Crippen molar-refractivity contribution in [3.63, 3.8) is 0 Å². The zero-order chi connectivity index (χ0) is 21.3. The summed E-state index contributed by atoms with van der Waals surface area (Å²) in [5.74, 6) is -0.643. The van der Waals surface area contributed by atoms with E-state index in [2.05, 4.69) is 30.7 Å². The molecule has 1 amide bonds. The van der Waals surface area contributed by atoms with Gasteiger partial charge in [0.05, 0.1) is 0 Å². The van der Waals surface area contributed by atoms with Crippen molar-refractivity contribution in [1.29, 1.82) is 0 Å². The van der Waals surface area contributed by atoms with Crippen molar-refractivity contribution in [2.24, 2.45) is 0 Å². The standard InChI is InChI=1S/C19H14F3N7O/c1-10(30)24-15-9-11(6-7-23-15)25-19-14-3-2-8-29(14)28-18(27-19)13-5-4-12(20)16(26-13)17(21)22/h2-9,17H,1H3,(H2,23,24,25,27,28,30). The summed E-state index contributed by atoms with van der Waals surface area (Å²) in [6, 6.07) is 8.90. The van der Waals surface area contributed by atoms with E-state index in [0.717, 1.165) is 6.07 Å². The number of carbonyl (C=O) groups excluding carboxylic acids is 1. The summed E-state index contributed by atoms with van der Waals surface area (Å²) in [7, 11) is 0. The van der Waals surface area contributed by atoms with Crippen LogP contribution >= 0.6 is 0 Å². The number of alkyl halides is 2. The van der Waals surface area contributed by atoms with Gasteiger partial charge in [0.1, 0.15) is 22.7 Å². The van der Waals surface area contributed by atoms with E-state index in [9.17, 15) is 18.0 Å². The molecule has 0 aliphatic heterocycles. The van der Waals surface area contributed by atoms with E-state index in [0.29, 0.717) is 22.8 Å². The van der Waals surface area contributed by atoms with Crippen LogP contribution in [0.1, 0.15) is 19.0 Å². The Morgan fingerprint density at radius 1 is 1.17 bits per heavy atom. The fraction of sp³-hybridized carbons (Fsp3) is 0.105. The summed E-state index contributed by atoms with van der Waals surface area (Å²) in [6.45, 7) is 1.37. The molecule has 4 aromatic rings. The molecule has 4 heterocycles. The maximum absolute atomic E-state index is 13.6. The van der Waals surface area contributed by atoms with Gasteiger partial charge in [0.25, 0.3) is 6.43 Å². The van der Waals surface area contributed by atoms with Crippen molar-refractivity contribution >= 4 is 28.7 Å². The molecule has 0 aliphatic carbocycles. The topological polar surface area (TPSA) is 97.1 Å². The second kappa shape index (κ2) is 7.78. The number of anilines is 3. The number of pyridine rings is 2. The molecule has 0 radical (unpaired) electrons. The molecular weight excluding hydrogens is 399 g/mol. The predicted octanol–water partition coefficient (Wildman–Crippen LogP) is 3.97. The first-order chi connectivity index (χ1) is 14.4. The average Bonchev–Trinajstić information content (AvgIpc) is 3.17. The second-order valence-electron chi connectivity index (χ2n) is 6.22. The van der Waals surface area contributed by atoms with Crippen molar-refractivity contribution in [2.75, 3.05) is 10.6 Å². The first kappa shape index (κ1) is 19.3. The highest BCUT2D eigenvalue weighted by Crippen LogP contribution is 2.26. The molecule has 2 N–H and O–H groups in total. The zero-order valence-electron chi connectivity index (χ0n) is 15.5. The Hall–Kier alpha value is -4.02. The van der Waals surface area contributed by atoms with Crippen LogP contribution in [0.2, 0.25) is 0 Å². The van der Waals surface area contributed by atoms with Gasteiger partial charge in [0, 0.05) is 31.1 Å². The number of carbonyl (C=O) groups is 1. The highest BCUT2D eigenvalue weighted by molar-refractivity contribution is 5.88. The number of halogens is 3. The van der Waals surface area contributed by atoms with E-state index in [1.807, 2.05) is 0 Å². The number of hydrogen-bond donors (Lipinski definition) is 2. The Balaban J connectivity index is 1.76. The van der Waals surface area contributed by atoms with Crippen LogP contribution in [0.3, 0.4) is 0 Å². The third-order valence-corrected chi connectivity index (χ3v) is 4.03. The van der Waals surface area contributed by atoms with Gasteiger partial charge in [-0.3, -0.25) is 4.79 Å². The second-order valence-corrected chi connectivity index (χ2v) is 6.22. The molecular formula is C19H14F3N7O. The Bertz CT molecular complexity index is 1240. The van der Waals surface area contributed by atoms with Gasteiger partial charge >= 0.3 is 0 Å². The molecule has 0 spiro atoms. The van der Waals surface area contributed by atoms with Crippen LogP contribution in [0, 0.1) is 5.82 Å². The van der Waals surface area contributed by atoms with Crippen LogP contribution in [-0.2, 0) is 4.79 Å². The third kappa shape index (κ3) is 3.90. The van der Waals surface area contributed by atoms with E-state index in [-0.39, 0.29) is 17.4 Å². The lowest BCUT2D eigenvalue weighted by Gasteiger charge is -2.11. The number of nitrogens with one attached hydrogen (secondary N) is 2. The quantitative estimate of drug-likeness (QED) is 0.514. The maximum Gasteiger partial charge on any atom is 0.283 e. The Morgan fingerprint density at radius 3 is 2.77 bits per heavy atom. The van der Waals surface area contributed by atoms with Gasteiger partial charge < -0.3 is 10.6 Å². The van der Waals surface area contributed by atoms with Crippen molar-refractivity contribution in [3.8, 4) is 11.5 Å². The van der Waals surface area contributed by atoms with Gasteiger partial charge in [-0.1, -0.05) is 0 Å². The summed E-state index contributed by atoms with van der Waals surface area (Å²) in [6.07, 6.45) is 0.0851. The Labute approximate surface area is 167 Å². The van der Waals surface area contributed by atoms with E-state index in [1.165, 1.54) is 23.7 Å². The summed E-state index contributed by atoms with van der Waals surface area (Å²) in [5.41, 5.74) is 0.209. The first-order valence-corrected chi connectivity index (χ1v) is 8.72. The molecule has 0 aromatic carbocycles. The van der Waals surface area contributed by atoms with Gasteiger partial charge in [0.2, 0.25) is 11.7 Å². The van der Waals surface area contributed by atoms with Crippen molar-refractivity contribution in [3.05, 3.63) is 60.3 Å². The summed E-state index contributed by atoms with van der Waals surface area (Å²) < 4.78 is 41.1. The minimum Gasteiger partial charge on any atom is -0.338 e. The minimum atomic E-state index is -3.07. The molecule has 4 rings (SSSR count). The molecule has 0 fully saturated rings. The highest BCUT2D eigenvalue weighted by Gasteiger charge is 2.18. The number of aromatic nitrogens is 5. The molecule has 0 aliphatic rings. The lowest BCUT2D eigenvalue weighted by Crippen LogP contribution is -2.08. The Morgan fingerprint density at radius 2 is 2.00 bits per heavy atom. The largest absolute Gasteiger partial charge is 0.338 e. The van der Waals surface area contributed by atoms with Crippen molar-refractivity contribution < 1.29 is 18.0 Å². The maximum atomic E-state index is 13.6. The van der Waals surface area contributed by atoms with E-state index < -0.39 is 17.9 Å². The number of rotatable bonds is 5. The fourth-order valence-corrected chi connectivity index (χ4v) is 2.76. The van der Waals surface area contributed by atoms with E-state index >= 15 is 0 Å². The van der Waals surface area contributed by atoms with Gasteiger partial charge in [-0.2, -0.15) is 0 Å². The minimum absolute atomic E-state index is 0.000913. The average molecular weight is 413 g/mol. The van der Waals surface area contributed by atoms with Gasteiger partial charge in [-0.05, 0) is 30.3 Å². The number of hydrogen-bond acceptors (Lipinski definition) is 6. The van der Waals surface area contributed by atoms with Crippen molar-refractivity contribution in [2.45, 2.75) is 13.3 Å². The molecule has 11 heteroatoms. The molecule has 0 unspecified atom stereocenters. The first-order valence-electron chi connectivity index (χ1n) is 8.72. The molecule has 4 aromatic heterocycles. The van der Waals surface area contributed by atoms with Gasteiger partial charge in [-0.15, -0.1) is 5.10 Å². The SMILES string of the molecule is CC(=O)Nc1cc(Nc2nc(-c3ccc(F)c(C(F)F)n3)nn3cccc23)ccn1. The normalized spacial score (nSPS) is 11.1. The molecule has 152 valence electrons. The predicted molar refractivity (Wildman–Crippen MR) is 103 cm³/mol. The molecule has 0 atom stereocenters. The van der Waals surface area contributed by atoms with Crippen LogP contribution in [0.25, 0.3) is 17.0 Å². The van der Waals surface area contributed by atoms with Crippen molar-refractivity contribution in [1.82, 2.24) is 24.6 Å². The number of amides is 1. The molecule has 30 heavy (non-hydrogen) atoms.